The lowest BCUT2D eigenvalue weighted by molar-refractivity contribution is -0.188. The van der Waals surface area contributed by atoms with Gasteiger partial charge in [-0.1, -0.05) is 12.8 Å². The normalized spacial score (nSPS) is 24.6. The van der Waals surface area contributed by atoms with Crippen molar-refractivity contribution in [2.75, 3.05) is 13.6 Å². The molecule has 0 aliphatic heterocycles. The van der Waals surface area contributed by atoms with Gasteiger partial charge in [-0.2, -0.15) is 13.2 Å². The Morgan fingerprint density at radius 2 is 2.11 bits per heavy atom. The number of hydrogen-bond donors (Lipinski definition) is 1. The Morgan fingerprint density at radius 3 is 2.79 bits per heavy atom. The van der Waals surface area contributed by atoms with Crippen molar-refractivity contribution >= 4 is 0 Å². The maximum absolute atomic E-state index is 13.0. The van der Waals surface area contributed by atoms with E-state index in [9.17, 15) is 13.2 Å². The second-order valence-corrected chi connectivity index (χ2v) is 5.05. The third-order valence-corrected chi connectivity index (χ3v) is 3.71. The Balaban J connectivity index is 2.11. The van der Waals surface area contributed by atoms with E-state index in [-0.39, 0.29) is 6.42 Å². The molecule has 1 aromatic heterocycles. The zero-order chi connectivity index (χ0) is 13.9. The molecule has 3 nitrogen and oxygen atoms in total. The first kappa shape index (κ1) is 14.4. The largest absolute Gasteiger partial charge is 0.445 e. The van der Waals surface area contributed by atoms with Crippen LogP contribution in [-0.4, -0.2) is 24.8 Å². The van der Waals surface area contributed by atoms with E-state index in [0.29, 0.717) is 37.5 Å². The molecule has 19 heavy (non-hydrogen) atoms. The predicted octanol–water partition coefficient (Wildman–Crippen LogP) is 3.27. The number of oxazole rings is 1. The van der Waals surface area contributed by atoms with Gasteiger partial charge in [0.1, 0.15) is 5.76 Å². The molecular formula is C13H19F3N2O. The van der Waals surface area contributed by atoms with Crippen molar-refractivity contribution in [1.82, 2.24) is 10.3 Å². The van der Waals surface area contributed by atoms with Crippen LogP contribution >= 0.6 is 0 Å². The van der Waals surface area contributed by atoms with Gasteiger partial charge in [-0.25, -0.2) is 4.98 Å². The summed E-state index contributed by atoms with van der Waals surface area (Å²) in [6.45, 7) is 0.702. The molecule has 2 unspecified atom stereocenters. The number of likely N-dealkylation sites (N-methyl/N-ethyl adjacent to an activating group) is 1. The van der Waals surface area contributed by atoms with Crippen LogP contribution in [0.5, 0.6) is 0 Å². The van der Waals surface area contributed by atoms with Crippen LogP contribution in [0.25, 0.3) is 0 Å². The van der Waals surface area contributed by atoms with Gasteiger partial charge in [0, 0.05) is 18.9 Å². The third-order valence-electron chi connectivity index (χ3n) is 3.71. The minimum atomic E-state index is -4.15. The van der Waals surface area contributed by atoms with Crippen LogP contribution in [0.15, 0.2) is 10.6 Å². The first-order valence-electron chi connectivity index (χ1n) is 6.68. The zero-order valence-electron chi connectivity index (χ0n) is 11.0. The van der Waals surface area contributed by atoms with Gasteiger partial charge in [-0.05, 0) is 19.9 Å². The number of halogens is 3. The van der Waals surface area contributed by atoms with Gasteiger partial charge in [-0.15, -0.1) is 0 Å². The zero-order valence-corrected chi connectivity index (χ0v) is 11.0. The highest BCUT2D eigenvalue weighted by atomic mass is 19.4. The molecule has 0 spiro atoms. The molecule has 0 radical (unpaired) electrons. The van der Waals surface area contributed by atoms with Crippen molar-refractivity contribution in [2.24, 2.45) is 5.92 Å². The van der Waals surface area contributed by atoms with Gasteiger partial charge in [-0.3, -0.25) is 0 Å². The van der Waals surface area contributed by atoms with Crippen molar-refractivity contribution in [2.45, 2.75) is 44.2 Å². The summed E-state index contributed by atoms with van der Waals surface area (Å²) in [7, 11) is 1.81. The Labute approximate surface area is 110 Å². The number of nitrogens with zero attached hydrogens (tertiary/aromatic N) is 1. The molecule has 1 fully saturated rings. The predicted molar refractivity (Wildman–Crippen MR) is 64.9 cm³/mol. The third kappa shape index (κ3) is 3.49. The highest BCUT2D eigenvalue weighted by Crippen LogP contribution is 2.46. The van der Waals surface area contributed by atoms with Crippen molar-refractivity contribution in [3.05, 3.63) is 17.8 Å². The summed E-state index contributed by atoms with van der Waals surface area (Å²) >= 11 is 0. The first-order chi connectivity index (χ1) is 9.02. The lowest BCUT2D eigenvalue weighted by atomic mass is 9.77. The summed E-state index contributed by atoms with van der Waals surface area (Å²) in [6, 6.07) is 0. The lowest BCUT2D eigenvalue weighted by Crippen LogP contribution is -2.31. The summed E-state index contributed by atoms with van der Waals surface area (Å²) in [6.07, 6.45) is 0.111. The van der Waals surface area contributed by atoms with Gasteiger partial charge in [0.25, 0.3) is 0 Å². The minimum absolute atomic E-state index is 0.195. The molecule has 1 saturated carbocycles. The average Bonchev–Trinajstić information content (AvgIpc) is 2.84. The Bertz CT molecular complexity index is 403. The van der Waals surface area contributed by atoms with Crippen molar-refractivity contribution in [3.8, 4) is 0 Å². The van der Waals surface area contributed by atoms with Crippen molar-refractivity contribution in [1.29, 1.82) is 0 Å². The molecule has 1 N–H and O–H groups in total. The Hall–Kier alpha value is -1.04. The standard InChI is InChI=1S/C13H19F3N2O/c1-17-7-6-12-18-8-11(19-12)9-4-2-3-5-10(9)13(14,15)16/h8-10,17H,2-7H2,1H3. The monoisotopic (exact) mass is 276 g/mol. The van der Waals surface area contributed by atoms with Crippen LogP contribution in [0.1, 0.15) is 43.3 Å². The summed E-state index contributed by atoms with van der Waals surface area (Å²) < 4.78 is 44.5. The average molecular weight is 276 g/mol. The molecule has 0 amide bonds. The van der Waals surface area contributed by atoms with Crippen LogP contribution in [0, 0.1) is 5.92 Å². The van der Waals surface area contributed by atoms with Crippen LogP contribution < -0.4 is 5.32 Å². The molecule has 0 saturated heterocycles. The van der Waals surface area contributed by atoms with Crippen LogP contribution in [0.2, 0.25) is 0 Å². The van der Waals surface area contributed by atoms with Gasteiger partial charge in [0.05, 0.1) is 12.1 Å². The fourth-order valence-corrected chi connectivity index (χ4v) is 2.71. The second-order valence-electron chi connectivity index (χ2n) is 5.05. The van der Waals surface area contributed by atoms with E-state index in [4.69, 9.17) is 4.42 Å². The van der Waals surface area contributed by atoms with E-state index in [1.165, 1.54) is 6.20 Å². The minimum Gasteiger partial charge on any atom is -0.445 e. The fraction of sp³-hybridized carbons (Fsp3) is 0.769. The smallest absolute Gasteiger partial charge is 0.392 e. The maximum atomic E-state index is 13.0. The maximum Gasteiger partial charge on any atom is 0.392 e. The summed E-state index contributed by atoms with van der Waals surface area (Å²) in [5, 5.41) is 2.96. The molecule has 1 aliphatic rings. The van der Waals surface area contributed by atoms with E-state index in [1.54, 1.807) is 0 Å². The molecule has 1 heterocycles. The molecule has 2 atom stereocenters. The second kappa shape index (κ2) is 5.94. The molecule has 1 aromatic rings. The quantitative estimate of drug-likeness (QED) is 0.917. The van der Waals surface area contributed by atoms with E-state index >= 15 is 0 Å². The highest BCUT2D eigenvalue weighted by Gasteiger charge is 2.47. The first-order valence-corrected chi connectivity index (χ1v) is 6.68. The number of nitrogens with one attached hydrogen (secondary N) is 1. The number of hydrogen-bond acceptors (Lipinski definition) is 3. The molecule has 0 aromatic carbocycles. The van der Waals surface area contributed by atoms with Gasteiger partial charge >= 0.3 is 6.18 Å². The van der Waals surface area contributed by atoms with Gasteiger partial charge in [0.15, 0.2) is 5.89 Å². The molecular weight excluding hydrogens is 257 g/mol. The highest BCUT2D eigenvalue weighted by molar-refractivity contribution is 5.07. The van der Waals surface area contributed by atoms with Crippen molar-refractivity contribution in [3.63, 3.8) is 0 Å². The van der Waals surface area contributed by atoms with Gasteiger partial charge < -0.3 is 9.73 Å². The van der Waals surface area contributed by atoms with Crippen LogP contribution in [0.4, 0.5) is 13.2 Å². The van der Waals surface area contributed by atoms with E-state index in [1.807, 2.05) is 7.05 Å². The molecule has 2 rings (SSSR count). The van der Waals surface area contributed by atoms with E-state index in [0.717, 1.165) is 6.42 Å². The topological polar surface area (TPSA) is 38.1 Å². The summed E-state index contributed by atoms with van der Waals surface area (Å²) in [4.78, 5) is 4.07. The SMILES string of the molecule is CNCCc1ncc(C2CCCCC2C(F)(F)F)o1. The molecule has 108 valence electrons. The lowest BCUT2D eigenvalue weighted by Gasteiger charge is -2.31. The van der Waals surface area contributed by atoms with E-state index < -0.39 is 18.0 Å². The molecule has 1 aliphatic carbocycles. The molecule has 0 bridgehead atoms. The number of rotatable bonds is 4. The summed E-state index contributed by atoms with van der Waals surface area (Å²) in [5.41, 5.74) is 0. The fourth-order valence-electron chi connectivity index (χ4n) is 2.71. The summed E-state index contributed by atoms with van der Waals surface area (Å²) in [5.74, 6) is -0.945. The molecule has 6 heteroatoms. The number of alkyl halides is 3. The Kier molecular flexibility index (Phi) is 4.50. The Morgan fingerprint density at radius 1 is 1.37 bits per heavy atom. The van der Waals surface area contributed by atoms with E-state index in [2.05, 4.69) is 10.3 Å². The van der Waals surface area contributed by atoms with Crippen LogP contribution in [-0.2, 0) is 6.42 Å². The van der Waals surface area contributed by atoms with Gasteiger partial charge in [0.2, 0.25) is 0 Å². The number of aromatic nitrogens is 1. The van der Waals surface area contributed by atoms with Crippen LogP contribution in [0.3, 0.4) is 0 Å². The van der Waals surface area contributed by atoms with Crippen molar-refractivity contribution < 1.29 is 17.6 Å².